The fourth-order valence-electron chi connectivity index (χ4n) is 1.95. The third kappa shape index (κ3) is 4.42. The first kappa shape index (κ1) is 15.2. The van der Waals surface area contributed by atoms with Gasteiger partial charge >= 0.3 is 0 Å². The third-order valence-corrected chi connectivity index (χ3v) is 4.29. The molecule has 1 N–H and O–H groups in total. The van der Waals surface area contributed by atoms with Crippen LogP contribution in [-0.4, -0.2) is 20.7 Å². The van der Waals surface area contributed by atoms with Crippen molar-refractivity contribution in [3.05, 3.63) is 29.8 Å². The predicted molar refractivity (Wildman–Crippen MR) is 75.3 cm³/mol. The first-order valence-electron chi connectivity index (χ1n) is 6.37. The number of benzene rings is 1. The Kier molecular flexibility index (Phi) is 5.35. The summed E-state index contributed by atoms with van der Waals surface area (Å²) in [6.07, 6.45) is 2.32. The van der Waals surface area contributed by atoms with Crippen LogP contribution >= 0.6 is 0 Å². The summed E-state index contributed by atoms with van der Waals surface area (Å²) in [4.78, 5) is 0.377. The van der Waals surface area contributed by atoms with Gasteiger partial charge in [0.05, 0.1) is 4.90 Å². The number of sulfone groups is 1. The largest absolute Gasteiger partial charge is 0.310 e. The Morgan fingerprint density at radius 3 is 2.11 bits per heavy atom. The molecular weight excluding hydrogens is 246 g/mol. The van der Waals surface area contributed by atoms with E-state index in [1.165, 1.54) is 6.26 Å². The van der Waals surface area contributed by atoms with E-state index in [2.05, 4.69) is 26.1 Å². The minimum absolute atomic E-state index is 0.377. The molecule has 0 fully saturated rings. The smallest absolute Gasteiger partial charge is 0.175 e. The normalized spacial score (nSPS) is 13.8. The fourth-order valence-corrected chi connectivity index (χ4v) is 2.59. The van der Waals surface area contributed by atoms with Crippen molar-refractivity contribution in [1.29, 1.82) is 0 Å². The maximum atomic E-state index is 11.3. The highest BCUT2D eigenvalue weighted by Gasteiger charge is 2.10. The lowest BCUT2D eigenvalue weighted by Gasteiger charge is -2.20. The summed E-state index contributed by atoms with van der Waals surface area (Å²) in [5.41, 5.74) is 1.11. The van der Waals surface area contributed by atoms with E-state index in [4.69, 9.17) is 0 Å². The van der Waals surface area contributed by atoms with Gasteiger partial charge in [0.25, 0.3) is 0 Å². The summed E-state index contributed by atoms with van der Waals surface area (Å²) >= 11 is 0. The Labute approximate surface area is 111 Å². The van der Waals surface area contributed by atoms with Crippen LogP contribution in [0.3, 0.4) is 0 Å². The monoisotopic (exact) mass is 269 g/mol. The average Bonchev–Trinajstić information content (AvgIpc) is 2.29. The van der Waals surface area contributed by atoms with Crippen LogP contribution in [0.4, 0.5) is 0 Å². The highest BCUT2D eigenvalue weighted by atomic mass is 32.2. The minimum atomic E-state index is -3.09. The van der Waals surface area contributed by atoms with Gasteiger partial charge < -0.3 is 5.32 Å². The molecule has 0 heterocycles. The van der Waals surface area contributed by atoms with Gasteiger partial charge in [0, 0.05) is 18.8 Å². The van der Waals surface area contributed by atoms with E-state index in [-0.39, 0.29) is 0 Å². The molecule has 0 saturated carbocycles. The molecule has 0 aliphatic rings. The Hall–Kier alpha value is -0.870. The van der Waals surface area contributed by atoms with Gasteiger partial charge in [-0.25, -0.2) is 8.42 Å². The molecule has 1 aromatic rings. The van der Waals surface area contributed by atoms with E-state index >= 15 is 0 Å². The zero-order valence-corrected chi connectivity index (χ0v) is 12.4. The summed E-state index contributed by atoms with van der Waals surface area (Å²) in [6.45, 7) is 7.35. The second-order valence-electron chi connectivity index (χ2n) is 5.06. The lowest BCUT2D eigenvalue weighted by molar-refractivity contribution is 0.387. The van der Waals surface area contributed by atoms with Gasteiger partial charge in [-0.3, -0.25) is 0 Å². The van der Waals surface area contributed by atoms with Crippen molar-refractivity contribution in [3.63, 3.8) is 0 Å². The highest BCUT2D eigenvalue weighted by Crippen LogP contribution is 2.11. The van der Waals surface area contributed by atoms with Crippen LogP contribution in [0.5, 0.6) is 0 Å². The first-order valence-corrected chi connectivity index (χ1v) is 8.26. The fraction of sp³-hybridized carbons (Fsp3) is 0.571. The lowest BCUT2D eigenvalue weighted by atomic mass is 10.0. The molecule has 3 nitrogen and oxygen atoms in total. The van der Waals surface area contributed by atoms with Gasteiger partial charge in [-0.05, 0) is 30.0 Å². The van der Waals surface area contributed by atoms with Crippen LogP contribution in [0, 0.1) is 5.92 Å². The van der Waals surface area contributed by atoms with Gasteiger partial charge in [-0.2, -0.15) is 0 Å². The SMILES string of the molecule is CCC(NCc1ccc(S(C)(=O)=O)cc1)C(C)C. The van der Waals surface area contributed by atoms with Crippen molar-refractivity contribution in [1.82, 2.24) is 5.32 Å². The summed E-state index contributed by atoms with van der Waals surface area (Å²) in [5.74, 6) is 0.602. The molecule has 0 spiro atoms. The van der Waals surface area contributed by atoms with Crippen molar-refractivity contribution in [3.8, 4) is 0 Å². The van der Waals surface area contributed by atoms with Gasteiger partial charge in [0.15, 0.2) is 9.84 Å². The Balaban J connectivity index is 2.65. The topological polar surface area (TPSA) is 46.2 Å². The van der Waals surface area contributed by atoms with Crippen molar-refractivity contribution in [2.45, 2.75) is 44.7 Å². The molecule has 0 aromatic heterocycles. The van der Waals surface area contributed by atoms with Crippen LogP contribution in [0.2, 0.25) is 0 Å². The molecule has 18 heavy (non-hydrogen) atoms. The molecule has 0 bridgehead atoms. The Bertz CT molecular complexity index is 463. The van der Waals surface area contributed by atoms with E-state index in [1.807, 2.05) is 12.1 Å². The highest BCUT2D eigenvalue weighted by molar-refractivity contribution is 7.90. The molecule has 0 aliphatic heterocycles. The van der Waals surface area contributed by atoms with Crippen molar-refractivity contribution >= 4 is 9.84 Å². The van der Waals surface area contributed by atoms with E-state index in [0.717, 1.165) is 18.5 Å². The predicted octanol–water partition coefficient (Wildman–Crippen LogP) is 2.61. The average molecular weight is 269 g/mol. The molecule has 0 saturated heterocycles. The molecule has 102 valence electrons. The molecule has 1 rings (SSSR count). The zero-order valence-electron chi connectivity index (χ0n) is 11.6. The number of hydrogen-bond donors (Lipinski definition) is 1. The van der Waals surface area contributed by atoms with Gasteiger partial charge in [-0.15, -0.1) is 0 Å². The standard InChI is InChI=1S/C14H23NO2S/c1-5-14(11(2)3)15-10-12-6-8-13(9-7-12)18(4,16)17/h6-9,11,14-15H,5,10H2,1-4H3. The third-order valence-electron chi connectivity index (χ3n) is 3.16. The van der Waals surface area contributed by atoms with Crippen LogP contribution in [0.25, 0.3) is 0 Å². The quantitative estimate of drug-likeness (QED) is 0.863. The Morgan fingerprint density at radius 1 is 1.17 bits per heavy atom. The summed E-state index contributed by atoms with van der Waals surface area (Å²) < 4.78 is 22.7. The summed E-state index contributed by atoms with van der Waals surface area (Å²) in [7, 11) is -3.09. The second-order valence-corrected chi connectivity index (χ2v) is 7.07. The maximum absolute atomic E-state index is 11.3. The summed E-state index contributed by atoms with van der Waals surface area (Å²) in [5, 5.41) is 3.49. The zero-order chi connectivity index (χ0) is 13.8. The number of nitrogens with one attached hydrogen (secondary N) is 1. The van der Waals surface area contributed by atoms with E-state index in [1.54, 1.807) is 12.1 Å². The lowest BCUT2D eigenvalue weighted by Crippen LogP contribution is -2.32. The van der Waals surface area contributed by atoms with Gasteiger partial charge in [-0.1, -0.05) is 32.9 Å². The van der Waals surface area contributed by atoms with Crippen LogP contribution in [-0.2, 0) is 16.4 Å². The molecule has 1 aromatic carbocycles. The van der Waals surface area contributed by atoms with Crippen LogP contribution in [0.1, 0.15) is 32.8 Å². The molecule has 0 radical (unpaired) electrons. The van der Waals surface area contributed by atoms with Crippen molar-refractivity contribution in [2.75, 3.05) is 6.26 Å². The van der Waals surface area contributed by atoms with E-state index < -0.39 is 9.84 Å². The van der Waals surface area contributed by atoms with E-state index in [0.29, 0.717) is 16.9 Å². The van der Waals surface area contributed by atoms with Crippen LogP contribution in [0.15, 0.2) is 29.2 Å². The van der Waals surface area contributed by atoms with Crippen molar-refractivity contribution in [2.24, 2.45) is 5.92 Å². The number of hydrogen-bond acceptors (Lipinski definition) is 3. The Morgan fingerprint density at radius 2 is 1.72 bits per heavy atom. The number of rotatable bonds is 6. The maximum Gasteiger partial charge on any atom is 0.175 e. The molecule has 1 atom stereocenters. The molecule has 0 aliphatic carbocycles. The molecule has 4 heteroatoms. The molecular formula is C14H23NO2S. The van der Waals surface area contributed by atoms with Crippen LogP contribution < -0.4 is 5.32 Å². The second kappa shape index (κ2) is 6.34. The molecule has 1 unspecified atom stereocenters. The molecule has 0 amide bonds. The van der Waals surface area contributed by atoms with Gasteiger partial charge in [0.1, 0.15) is 0 Å². The van der Waals surface area contributed by atoms with Gasteiger partial charge in [0.2, 0.25) is 0 Å². The minimum Gasteiger partial charge on any atom is -0.310 e. The van der Waals surface area contributed by atoms with E-state index in [9.17, 15) is 8.42 Å². The first-order chi connectivity index (χ1) is 8.34. The summed E-state index contributed by atoms with van der Waals surface area (Å²) in [6, 6.07) is 7.58. The van der Waals surface area contributed by atoms with Crippen molar-refractivity contribution < 1.29 is 8.42 Å².